The largest absolute Gasteiger partial charge is 0.478 e. The van der Waals surface area contributed by atoms with Crippen LogP contribution in [0, 0.1) is 5.92 Å². The molecule has 1 aromatic heterocycles. The number of rotatable bonds is 4. The maximum Gasteiger partial charge on any atom is 0.337 e. The van der Waals surface area contributed by atoms with Gasteiger partial charge in [-0.05, 0) is 24.5 Å². The molecular weight excluding hydrogens is 214 g/mol. The number of hydrogen-bond donors (Lipinski definition) is 1. The number of para-hydroxylation sites is 1. The van der Waals surface area contributed by atoms with E-state index in [0.717, 1.165) is 23.9 Å². The van der Waals surface area contributed by atoms with Crippen molar-refractivity contribution in [1.29, 1.82) is 0 Å². The zero-order chi connectivity index (χ0) is 12.4. The van der Waals surface area contributed by atoms with Crippen molar-refractivity contribution in [3.05, 3.63) is 36.0 Å². The van der Waals surface area contributed by atoms with E-state index in [1.54, 1.807) is 12.1 Å². The van der Waals surface area contributed by atoms with Crippen molar-refractivity contribution in [2.24, 2.45) is 5.92 Å². The monoisotopic (exact) mass is 231 g/mol. The van der Waals surface area contributed by atoms with Crippen LogP contribution in [0.5, 0.6) is 0 Å². The average Bonchev–Trinajstić information content (AvgIpc) is 2.69. The molecule has 17 heavy (non-hydrogen) atoms. The highest BCUT2D eigenvalue weighted by atomic mass is 16.4. The predicted molar refractivity (Wildman–Crippen MR) is 68.4 cm³/mol. The molecule has 2 rings (SSSR count). The number of aromatic nitrogens is 1. The molecule has 0 saturated carbocycles. The summed E-state index contributed by atoms with van der Waals surface area (Å²) in [5.74, 6) is -0.246. The van der Waals surface area contributed by atoms with Crippen LogP contribution in [0.3, 0.4) is 0 Å². The van der Waals surface area contributed by atoms with Crippen molar-refractivity contribution in [2.45, 2.75) is 26.8 Å². The Balaban J connectivity index is 2.46. The molecule has 0 bridgehead atoms. The molecule has 0 aliphatic carbocycles. The molecule has 2 aromatic rings. The highest BCUT2D eigenvalue weighted by Crippen LogP contribution is 2.21. The molecular formula is C14H17NO2. The Labute approximate surface area is 101 Å². The van der Waals surface area contributed by atoms with Crippen LogP contribution >= 0.6 is 0 Å². The van der Waals surface area contributed by atoms with Crippen LogP contribution in [0.4, 0.5) is 0 Å². The Hall–Kier alpha value is -1.77. The minimum atomic E-state index is -0.861. The number of carbonyl (C=O) groups is 1. The molecule has 1 heterocycles. The zero-order valence-corrected chi connectivity index (χ0v) is 10.2. The number of aryl methyl sites for hydroxylation is 1. The van der Waals surface area contributed by atoms with Gasteiger partial charge in [-0.1, -0.05) is 26.0 Å². The number of hydrogen-bond acceptors (Lipinski definition) is 1. The Morgan fingerprint density at radius 2 is 2.12 bits per heavy atom. The molecule has 3 nitrogen and oxygen atoms in total. The van der Waals surface area contributed by atoms with Crippen LogP contribution in [-0.4, -0.2) is 15.6 Å². The summed E-state index contributed by atoms with van der Waals surface area (Å²) >= 11 is 0. The standard InChI is InChI=1S/C14H17NO2/c1-10(2)6-8-15-9-7-11-4-3-5-12(13(11)15)14(16)17/h3-5,7,9-10H,6,8H2,1-2H3,(H,16,17). The first-order valence-corrected chi connectivity index (χ1v) is 5.90. The van der Waals surface area contributed by atoms with Gasteiger partial charge in [0.1, 0.15) is 0 Å². The minimum Gasteiger partial charge on any atom is -0.478 e. The van der Waals surface area contributed by atoms with Gasteiger partial charge in [-0.2, -0.15) is 0 Å². The number of carboxylic acid groups (broad SMARTS) is 1. The second-order valence-electron chi connectivity index (χ2n) is 4.74. The van der Waals surface area contributed by atoms with Gasteiger partial charge in [0.2, 0.25) is 0 Å². The van der Waals surface area contributed by atoms with Crippen molar-refractivity contribution in [2.75, 3.05) is 0 Å². The molecule has 0 aliphatic heterocycles. The van der Waals surface area contributed by atoms with Crippen LogP contribution in [0.15, 0.2) is 30.5 Å². The molecule has 3 heteroatoms. The first kappa shape index (κ1) is 11.7. The fourth-order valence-electron chi connectivity index (χ4n) is 2.02. The van der Waals surface area contributed by atoms with Crippen LogP contribution in [0.25, 0.3) is 10.9 Å². The number of benzene rings is 1. The van der Waals surface area contributed by atoms with Crippen molar-refractivity contribution in [1.82, 2.24) is 4.57 Å². The van der Waals surface area contributed by atoms with E-state index < -0.39 is 5.97 Å². The van der Waals surface area contributed by atoms with Gasteiger partial charge in [-0.25, -0.2) is 4.79 Å². The fourth-order valence-corrected chi connectivity index (χ4v) is 2.02. The van der Waals surface area contributed by atoms with Gasteiger partial charge in [0, 0.05) is 18.1 Å². The molecule has 0 spiro atoms. The van der Waals surface area contributed by atoms with Crippen molar-refractivity contribution < 1.29 is 9.90 Å². The van der Waals surface area contributed by atoms with Gasteiger partial charge in [-0.3, -0.25) is 0 Å². The lowest BCUT2D eigenvalue weighted by molar-refractivity contribution is 0.0698. The van der Waals surface area contributed by atoms with E-state index in [2.05, 4.69) is 13.8 Å². The third kappa shape index (κ3) is 2.33. The van der Waals surface area contributed by atoms with Gasteiger partial charge in [0.05, 0.1) is 11.1 Å². The second kappa shape index (κ2) is 4.62. The van der Waals surface area contributed by atoms with Crippen molar-refractivity contribution >= 4 is 16.9 Å². The summed E-state index contributed by atoms with van der Waals surface area (Å²) in [4.78, 5) is 11.2. The summed E-state index contributed by atoms with van der Waals surface area (Å²) in [7, 11) is 0. The van der Waals surface area contributed by atoms with E-state index >= 15 is 0 Å². The number of fused-ring (bicyclic) bond motifs is 1. The lowest BCUT2D eigenvalue weighted by Gasteiger charge is -2.09. The molecule has 0 aliphatic rings. The molecule has 0 radical (unpaired) electrons. The van der Waals surface area contributed by atoms with Crippen molar-refractivity contribution in [3.8, 4) is 0 Å². The van der Waals surface area contributed by atoms with Crippen LogP contribution in [0.2, 0.25) is 0 Å². The molecule has 0 unspecified atom stereocenters. The van der Waals surface area contributed by atoms with E-state index in [0.29, 0.717) is 11.5 Å². The van der Waals surface area contributed by atoms with Gasteiger partial charge < -0.3 is 9.67 Å². The molecule has 0 saturated heterocycles. The highest BCUT2D eigenvalue weighted by Gasteiger charge is 2.11. The van der Waals surface area contributed by atoms with Crippen LogP contribution in [-0.2, 0) is 6.54 Å². The quantitative estimate of drug-likeness (QED) is 0.876. The fraction of sp³-hybridized carbons (Fsp3) is 0.357. The van der Waals surface area contributed by atoms with E-state index in [1.807, 2.05) is 22.9 Å². The smallest absolute Gasteiger partial charge is 0.337 e. The maximum absolute atomic E-state index is 11.2. The second-order valence-corrected chi connectivity index (χ2v) is 4.74. The lowest BCUT2D eigenvalue weighted by atomic mass is 10.1. The number of aromatic carboxylic acids is 1. The first-order valence-electron chi connectivity index (χ1n) is 5.90. The Bertz CT molecular complexity index is 540. The minimum absolute atomic E-state index is 0.385. The Morgan fingerprint density at radius 1 is 1.35 bits per heavy atom. The molecule has 0 amide bonds. The summed E-state index contributed by atoms with van der Waals surface area (Å²) in [5.41, 5.74) is 1.22. The molecule has 1 N–H and O–H groups in total. The molecule has 0 fully saturated rings. The summed E-state index contributed by atoms with van der Waals surface area (Å²) in [6.45, 7) is 5.21. The van der Waals surface area contributed by atoms with E-state index in [1.165, 1.54) is 0 Å². The summed E-state index contributed by atoms with van der Waals surface area (Å²) in [5, 5.41) is 10.2. The lowest BCUT2D eigenvalue weighted by Crippen LogP contribution is -2.04. The topological polar surface area (TPSA) is 42.2 Å². The SMILES string of the molecule is CC(C)CCn1ccc2cccc(C(=O)O)c21. The third-order valence-corrected chi connectivity index (χ3v) is 2.97. The van der Waals surface area contributed by atoms with Crippen LogP contribution < -0.4 is 0 Å². The predicted octanol–water partition coefficient (Wildman–Crippen LogP) is 3.39. The normalized spacial score (nSPS) is 11.2. The maximum atomic E-state index is 11.2. The number of nitrogens with zero attached hydrogens (tertiary/aromatic N) is 1. The first-order chi connectivity index (χ1) is 8.09. The Morgan fingerprint density at radius 3 is 2.76 bits per heavy atom. The third-order valence-electron chi connectivity index (χ3n) is 2.97. The summed E-state index contributed by atoms with van der Waals surface area (Å²) < 4.78 is 2.04. The van der Waals surface area contributed by atoms with Crippen molar-refractivity contribution in [3.63, 3.8) is 0 Å². The Kier molecular flexibility index (Phi) is 3.18. The summed E-state index contributed by atoms with van der Waals surface area (Å²) in [6, 6.07) is 7.38. The van der Waals surface area contributed by atoms with E-state index in [-0.39, 0.29) is 0 Å². The van der Waals surface area contributed by atoms with E-state index in [9.17, 15) is 9.90 Å². The zero-order valence-electron chi connectivity index (χ0n) is 10.2. The molecule has 90 valence electrons. The van der Waals surface area contributed by atoms with Crippen LogP contribution in [0.1, 0.15) is 30.6 Å². The van der Waals surface area contributed by atoms with Gasteiger partial charge in [0.25, 0.3) is 0 Å². The van der Waals surface area contributed by atoms with E-state index in [4.69, 9.17) is 0 Å². The van der Waals surface area contributed by atoms with Gasteiger partial charge >= 0.3 is 5.97 Å². The highest BCUT2D eigenvalue weighted by molar-refractivity contribution is 6.02. The molecule has 0 atom stereocenters. The summed E-state index contributed by atoms with van der Waals surface area (Å²) in [6.07, 6.45) is 3.03. The number of carboxylic acids is 1. The van der Waals surface area contributed by atoms with Gasteiger partial charge in [0.15, 0.2) is 0 Å². The average molecular weight is 231 g/mol. The van der Waals surface area contributed by atoms with Gasteiger partial charge in [-0.15, -0.1) is 0 Å². The molecule has 1 aromatic carbocycles.